The second-order valence-electron chi connectivity index (χ2n) is 8.97. The number of hydrogen-bond donors (Lipinski definition) is 3. The molecule has 8 nitrogen and oxygen atoms in total. The number of likely N-dealkylation sites (tertiary alicyclic amines) is 1. The average Bonchev–Trinajstić information content (AvgIpc) is 3.26. The van der Waals surface area contributed by atoms with Crippen molar-refractivity contribution >= 4 is 28.6 Å². The van der Waals surface area contributed by atoms with Crippen LogP contribution in [0.2, 0.25) is 0 Å². The number of aromatic amines is 1. The Labute approximate surface area is 198 Å². The zero-order valence-corrected chi connectivity index (χ0v) is 19.2. The Kier molecular flexibility index (Phi) is 7.37. The van der Waals surface area contributed by atoms with Gasteiger partial charge in [0.25, 0.3) is 0 Å². The van der Waals surface area contributed by atoms with Gasteiger partial charge in [-0.1, -0.05) is 30.3 Å². The summed E-state index contributed by atoms with van der Waals surface area (Å²) >= 11 is 0. The zero-order valence-electron chi connectivity index (χ0n) is 19.2. The minimum Gasteiger partial charge on any atom is -0.480 e. The zero-order chi connectivity index (χ0) is 24.1. The number of nitrogens with one attached hydrogen (secondary N) is 2. The molecule has 3 heterocycles. The van der Waals surface area contributed by atoms with Crippen LogP contribution in [0.25, 0.3) is 10.9 Å². The molecule has 1 aliphatic rings. The average molecular weight is 463 g/mol. The fourth-order valence-corrected chi connectivity index (χ4v) is 4.71. The number of fused-ring (bicyclic) bond motifs is 1. The van der Waals surface area contributed by atoms with E-state index in [2.05, 4.69) is 15.3 Å². The summed E-state index contributed by atoms with van der Waals surface area (Å²) in [6.45, 7) is 2.01. The van der Waals surface area contributed by atoms with Gasteiger partial charge in [-0.25, -0.2) is 0 Å². The molecule has 2 aromatic heterocycles. The van der Waals surface area contributed by atoms with Crippen molar-refractivity contribution in [1.29, 1.82) is 0 Å². The monoisotopic (exact) mass is 462 g/mol. The third kappa shape index (κ3) is 5.69. The van der Waals surface area contributed by atoms with E-state index in [0.29, 0.717) is 19.4 Å². The summed E-state index contributed by atoms with van der Waals surface area (Å²) in [5.74, 6) is -1.15. The van der Waals surface area contributed by atoms with Gasteiger partial charge in [0.1, 0.15) is 0 Å². The van der Waals surface area contributed by atoms with E-state index >= 15 is 0 Å². The van der Waals surface area contributed by atoms with Gasteiger partial charge in [-0.3, -0.25) is 24.3 Å². The van der Waals surface area contributed by atoms with Crippen molar-refractivity contribution in [2.45, 2.75) is 50.6 Å². The maximum atomic E-state index is 13.2. The first kappa shape index (κ1) is 23.6. The van der Waals surface area contributed by atoms with Crippen molar-refractivity contribution in [1.82, 2.24) is 20.2 Å². The number of benzene rings is 1. The molecule has 3 atom stereocenters. The first-order valence-corrected chi connectivity index (χ1v) is 11.7. The van der Waals surface area contributed by atoms with E-state index in [-0.39, 0.29) is 30.6 Å². The molecule has 34 heavy (non-hydrogen) atoms. The molecule has 0 bridgehead atoms. The molecule has 178 valence electrons. The SMILES string of the molecule is C[C@@H](NC(=O)[C@H]1C[C@@H](c2ccccc2)CCN1CC(=O)O)C(=O)CCc1cc2cnccc2[nH]1. The van der Waals surface area contributed by atoms with Crippen molar-refractivity contribution < 1.29 is 19.5 Å². The van der Waals surface area contributed by atoms with E-state index < -0.39 is 18.1 Å². The number of ketones is 1. The third-order valence-corrected chi connectivity index (χ3v) is 6.58. The predicted molar refractivity (Wildman–Crippen MR) is 128 cm³/mol. The molecular formula is C26H30N4O4. The normalized spacial score (nSPS) is 19.6. The number of carboxylic acids is 1. The van der Waals surface area contributed by atoms with Gasteiger partial charge in [0.15, 0.2) is 5.78 Å². The number of aromatic nitrogens is 2. The van der Waals surface area contributed by atoms with Crippen LogP contribution in [0.1, 0.15) is 43.4 Å². The summed E-state index contributed by atoms with van der Waals surface area (Å²) < 4.78 is 0. The van der Waals surface area contributed by atoms with Gasteiger partial charge in [0.2, 0.25) is 5.91 Å². The van der Waals surface area contributed by atoms with E-state index in [1.165, 1.54) is 0 Å². The van der Waals surface area contributed by atoms with E-state index in [4.69, 9.17) is 0 Å². The highest BCUT2D eigenvalue weighted by Crippen LogP contribution is 2.31. The lowest BCUT2D eigenvalue weighted by Crippen LogP contribution is -2.54. The van der Waals surface area contributed by atoms with Crippen molar-refractivity contribution in [3.05, 3.63) is 66.1 Å². The summed E-state index contributed by atoms with van der Waals surface area (Å²) in [4.78, 5) is 46.4. The summed E-state index contributed by atoms with van der Waals surface area (Å²) in [6, 6.07) is 12.6. The topological polar surface area (TPSA) is 115 Å². The molecule has 0 saturated carbocycles. The molecule has 0 aliphatic carbocycles. The first-order valence-electron chi connectivity index (χ1n) is 11.7. The van der Waals surface area contributed by atoms with Crippen LogP contribution in [0.5, 0.6) is 0 Å². The van der Waals surface area contributed by atoms with Gasteiger partial charge in [0.05, 0.1) is 18.6 Å². The van der Waals surface area contributed by atoms with Crippen LogP contribution in [-0.4, -0.2) is 62.8 Å². The summed E-state index contributed by atoms with van der Waals surface area (Å²) in [5, 5.41) is 13.2. The standard InChI is InChI=1S/C26H30N4O4/c1-17(24(31)8-7-21-13-20-15-27-11-9-22(20)29-21)28-26(34)23-14-19(18-5-3-2-4-6-18)10-12-30(23)16-25(32)33/h2-6,9,11,13,15,17,19,23,29H,7-8,10,12,14,16H2,1H3,(H,28,34)(H,32,33)/t17-,19+,23-/m1/s1. The number of piperidine rings is 1. The van der Waals surface area contributed by atoms with Crippen molar-refractivity contribution in [2.24, 2.45) is 0 Å². The largest absolute Gasteiger partial charge is 0.480 e. The number of carbonyl (C=O) groups excluding carboxylic acids is 2. The smallest absolute Gasteiger partial charge is 0.317 e. The lowest BCUT2D eigenvalue weighted by Gasteiger charge is -2.38. The number of rotatable bonds is 9. The molecule has 0 unspecified atom stereocenters. The molecule has 1 aliphatic heterocycles. The Morgan fingerprint density at radius 1 is 1.24 bits per heavy atom. The Bertz CT molecular complexity index is 1130. The minimum atomic E-state index is -0.964. The quantitative estimate of drug-likeness (QED) is 0.450. The predicted octanol–water partition coefficient (Wildman–Crippen LogP) is 2.90. The van der Waals surface area contributed by atoms with Crippen molar-refractivity contribution in [3.63, 3.8) is 0 Å². The number of H-pyrrole nitrogens is 1. The van der Waals surface area contributed by atoms with Gasteiger partial charge >= 0.3 is 5.97 Å². The number of carbonyl (C=O) groups is 3. The van der Waals surface area contributed by atoms with Crippen LogP contribution >= 0.6 is 0 Å². The Morgan fingerprint density at radius 2 is 2.03 bits per heavy atom. The Hall–Kier alpha value is -3.52. The summed E-state index contributed by atoms with van der Waals surface area (Å²) in [7, 11) is 0. The van der Waals surface area contributed by atoms with Gasteiger partial charge in [-0.2, -0.15) is 0 Å². The highest BCUT2D eigenvalue weighted by atomic mass is 16.4. The second kappa shape index (κ2) is 10.6. The van der Waals surface area contributed by atoms with Crippen LogP contribution in [0.3, 0.4) is 0 Å². The molecule has 3 N–H and O–H groups in total. The number of aryl methyl sites for hydroxylation is 1. The van der Waals surface area contributed by atoms with Crippen molar-refractivity contribution in [2.75, 3.05) is 13.1 Å². The number of nitrogens with zero attached hydrogens (tertiary/aromatic N) is 2. The molecule has 1 saturated heterocycles. The van der Waals surface area contributed by atoms with E-state index in [1.807, 2.05) is 42.5 Å². The summed E-state index contributed by atoms with van der Waals surface area (Å²) in [5.41, 5.74) is 3.07. The summed E-state index contributed by atoms with van der Waals surface area (Å²) in [6.07, 6.45) is 5.63. The Balaban J connectivity index is 1.37. The number of hydrogen-bond acceptors (Lipinski definition) is 5. The maximum Gasteiger partial charge on any atom is 0.317 e. The van der Waals surface area contributed by atoms with Crippen LogP contribution in [0.4, 0.5) is 0 Å². The van der Waals surface area contributed by atoms with Gasteiger partial charge in [-0.15, -0.1) is 0 Å². The molecule has 8 heteroatoms. The third-order valence-electron chi connectivity index (χ3n) is 6.58. The Morgan fingerprint density at radius 3 is 2.76 bits per heavy atom. The van der Waals surface area contributed by atoms with Crippen LogP contribution in [0.15, 0.2) is 54.9 Å². The van der Waals surface area contributed by atoms with Crippen LogP contribution < -0.4 is 5.32 Å². The van der Waals surface area contributed by atoms with E-state index in [1.54, 1.807) is 24.2 Å². The molecule has 4 rings (SSSR count). The molecular weight excluding hydrogens is 432 g/mol. The van der Waals surface area contributed by atoms with E-state index in [0.717, 1.165) is 28.6 Å². The van der Waals surface area contributed by atoms with E-state index in [9.17, 15) is 19.5 Å². The van der Waals surface area contributed by atoms with Crippen LogP contribution in [0, 0.1) is 0 Å². The molecule has 1 fully saturated rings. The second-order valence-corrected chi connectivity index (χ2v) is 8.97. The van der Waals surface area contributed by atoms with Gasteiger partial charge < -0.3 is 15.4 Å². The lowest BCUT2D eigenvalue weighted by molar-refractivity contribution is -0.141. The van der Waals surface area contributed by atoms with Crippen molar-refractivity contribution in [3.8, 4) is 0 Å². The fourth-order valence-electron chi connectivity index (χ4n) is 4.71. The first-order chi connectivity index (χ1) is 16.4. The highest BCUT2D eigenvalue weighted by Gasteiger charge is 2.35. The molecule has 0 spiro atoms. The number of Topliss-reactive ketones (excluding diaryl/α,β-unsaturated/α-hetero) is 1. The highest BCUT2D eigenvalue weighted by molar-refractivity contribution is 5.91. The molecule has 1 aromatic carbocycles. The molecule has 0 radical (unpaired) electrons. The minimum absolute atomic E-state index is 0.0645. The molecule has 1 amide bonds. The fraction of sp³-hybridized carbons (Fsp3) is 0.385. The number of amides is 1. The number of aliphatic carboxylic acids is 1. The van der Waals surface area contributed by atoms with Gasteiger partial charge in [-0.05, 0) is 49.8 Å². The number of carboxylic acid groups (broad SMARTS) is 1. The number of pyridine rings is 1. The maximum absolute atomic E-state index is 13.2. The lowest BCUT2D eigenvalue weighted by atomic mass is 9.85. The van der Waals surface area contributed by atoms with Crippen LogP contribution in [-0.2, 0) is 20.8 Å². The molecule has 3 aromatic rings. The van der Waals surface area contributed by atoms with Gasteiger partial charge in [0, 0.05) is 42.0 Å².